The van der Waals surface area contributed by atoms with Crippen molar-refractivity contribution in [3.8, 4) is 0 Å². The van der Waals surface area contributed by atoms with Gasteiger partial charge in [0.15, 0.2) is 0 Å². The predicted octanol–water partition coefficient (Wildman–Crippen LogP) is 3.78. The number of benzene rings is 1. The van der Waals surface area contributed by atoms with Crippen LogP contribution in [0.1, 0.15) is 45.6 Å². The molecule has 1 aliphatic heterocycles. The van der Waals surface area contributed by atoms with Gasteiger partial charge in [0.25, 0.3) is 0 Å². The summed E-state index contributed by atoms with van der Waals surface area (Å²) >= 11 is 0. The second kappa shape index (κ2) is 7.11. The van der Waals surface area contributed by atoms with Crippen LogP contribution in [0.5, 0.6) is 0 Å². The number of likely N-dealkylation sites (tertiary alicyclic amines) is 1. The van der Waals surface area contributed by atoms with Crippen molar-refractivity contribution < 1.29 is 9.53 Å². The van der Waals surface area contributed by atoms with E-state index in [0.717, 1.165) is 42.7 Å². The molecule has 1 amide bonds. The Kier molecular flexibility index (Phi) is 5.39. The van der Waals surface area contributed by atoms with E-state index < -0.39 is 5.60 Å². The number of carbonyl (C=O) groups is 1. The normalized spacial score (nSPS) is 19.1. The lowest BCUT2D eigenvalue weighted by Gasteiger charge is -2.29. The molecule has 2 rings (SSSR count). The van der Waals surface area contributed by atoms with Crippen LogP contribution in [-0.2, 0) is 4.74 Å². The third-order valence-corrected chi connectivity index (χ3v) is 3.89. The van der Waals surface area contributed by atoms with Gasteiger partial charge in [-0.05, 0) is 64.7 Å². The number of nitrogen functional groups attached to an aromatic ring is 1. The minimum absolute atomic E-state index is 0.190. The highest BCUT2D eigenvalue weighted by atomic mass is 16.6. The maximum absolute atomic E-state index is 12.3. The van der Waals surface area contributed by atoms with Crippen LogP contribution in [0.3, 0.4) is 0 Å². The molecule has 0 aromatic heterocycles. The minimum Gasteiger partial charge on any atom is -0.444 e. The third-order valence-electron chi connectivity index (χ3n) is 3.89. The highest BCUT2D eigenvalue weighted by molar-refractivity contribution is 5.69. The van der Waals surface area contributed by atoms with Crippen LogP contribution in [0.4, 0.5) is 16.2 Å². The fourth-order valence-electron chi connectivity index (χ4n) is 2.79. The van der Waals surface area contributed by atoms with Crippen LogP contribution >= 0.6 is 0 Å². The van der Waals surface area contributed by atoms with Crippen LogP contribution in [0.15, 0.2) is 18.2 Å². The van der Waals surface area contributed by atoms with Crippen molar-refractivity contribution in [2.75, 3.05) is 24.1 Å². The highest BCUT2D eigenvalue weighted by Gasteiger charge is 2.26. The van der Waals surface area contributed by atoms with E-state index in [1.54, 1.807) is 4.90 Å². The Hall–Kier alpha value is -1.91. The number of anilines is 2. The molecule has 0 bridgehead atoms. The zero-order valence-corrected chi connectivity index (χ0v) is 14.7. The van der Waals surface area contributed by atoms with Gasteiger partial charge >= 0.3 is 6.09 Å². The number of nitrogens with two attached hydrogens (primary N) is 1. The monoisotopic (exact) mass is 319 g/mol. The smallest absolute Gasteiger partial charge is 0.410 e. The molecule has 1 aromatic carbocycles. The summed E-state index contributed by atoms with van der Waals surface area (Å²) in [7, 11) is 0. The van der Waals surface area contributed by atoms with Crippen LogP contribution < -0.4 is 11.1 Å². The minimum atomic E-state index is -0.465. The topological polar surface area (TPSA) is 67.6 Å². The van der Waals surface area contributed by atoms with E-state index in [4.69, 9.17) is 10.5 Å². The van der Waals surface area contributed by atoms with Crippen LogP contribution in [0, 0.1) is 6.92 Å². The SMILES string of the molecule is Cc1ccc(NC2CCCCN(C(=O)OC(C)(C)C)C2)c(N)c1. The van der Waals surface area contributed by atoms with E-state index in [2.05, 4.69) is 5.32 Å². The summed E-state index contributed by atoms with van der Waals surface area (Å²) in [6.07, 6.45) is 2.87. The van der Waals surface area contributed by atoms with Gasteiger partial charge in [0.1, 0.15) is 5.60 Å². The Labute approximate surface area is 139 Å². The molecule has 5 nitrogen and oxygen atoms in total. The van der Waals surface area contributed by atoms with Crippen LogP contribution in [0.2, 0.25) is 0 Å². The van der Waals surface area contributed by atoms with Gasteiger partial charge in [-0.1, -0.05) is 6.07 Å². The largest absolute Gasteiger partial charge is 0.444 e. The lowest BCUT2D eigenvalue weighted by molar-refractivity contribution is 0.0252. The molecule has 1 atom stereocenters. The molecular weight excluding hydrogens is 290 g/mol. The Morgan fingerprint density at radius 3 is 2.74 bits per heavy atom. The van der Waals surface area contributed by atoms with Crippen molar-refractivity contribution in [1.29, 1.82) is 0 Å². The molecular formula is C18H29N3O2. The molecule has 3 N–H and O–H groups in total. The molecule has 1 fully saturated rings. The van der Waals surface area contributed by atoms with E-state index in [1.807, 2.05) is 45.9 Å². The fraction of sp³-hybridized carbons (Fsp3) is 0.611. The Morgan fingerprint density at radius 1 is 1.35 bits per heavy atom. The summed E-state index contributed by atoms with van der Waals surface area (Å²) in [6.45, 7) is 9.09. The first kappa shape index (κ1) is 17.4. The van der Waals surface area contributed by atoms with Gasteiger partial charge < -0.3 is 20.7 Å². The number of nitrogens with zero attached hydrogens (tertiary/aromatic N) is 1. The zero-order chi connectivity index (χ0) is 17.0. The van der Waals surface area contributed by atoms with Crippen LogP contribution in [-0.4, -0.2) is 35.7 Å². The van der Waals surface area contributed by atoms with Gasteiger partial charge in [0.2, 0.25) is 0 Å². The van der Waals surface area contributed by atoms with Gasteiger partial charge in [0, 0.05) is 19.1 Å². The number of aryl methyl sites for hydroxylation is 1. The van der Waals surface area contributed by atoms with Crippen molar-refractivity contribution in [2.45, 2.75) is 58.6 Å². The quantitative estimate of drug-likeness (QED) is 0.814. The van der Waals surface area contributed by atoms with E-state index in [1.165, 1.54) is 0 Å². The molecule has 1 unspecified atom stereocenters. The molecule has 23 heavy (non-hydrogen) atoms. The van der Waals surface area contributed by atoms with Gasteiger partial charge in [-0.3, -0.25) is 0 Å². The summed E-state index contributed by atoms with van der Waals surface area (Å²) in [5, 5.41) is 3.49. The molecule has 1 aliphatic rings. The fourth-order valence-corrected chi connectivity index (χ4v) is 2.79. The highest BCUT2D eigenvalue weighted by Crippen LogP contribution is 2.23. The summed E-state index contributed by atoms with van der Waals surface area (Å²) in [4.78, 5) is 14.1. The first-order valence-electron chi connectivity index (χ1n) is 8.35. The predicted molar refractivity (Wildman–Crippen MR) is 94.7 cm³/mol. The molecule has 5 heteroatoms. The number of rotatable bonds is 2. The molecule has 1 aromatic rings. The maximum Gasteiger partial charge on any atom is 0.410 e. The Morgan fingerprint density at radius 2 is 2.09 bits per heavy atom. The lowest BCUT2D eigenvalue weighted by atomic mass is 10.1. The number of hydrogen-bond donors (Lipinski definition) is 2. The van der Waals surface area contributed by atoms with Gasteiger partial charge in [-0.15, -0.1) is 0 Å². The van der Waals surface area contributed by atoms with Gasteiger partial charge in [-0.2, -0.15) is 0 Å². The summed E-state index contributed by atoms with van der Waals surface area (Å²) in [5.74, 6) is 0. The Balaban J connectivity index is 2.03. The van der Waals surface area contributed by atoms with Crippen molar-refractivity contribution in [2.24, 2.45) is 0 Å². The maximum atomic E-state index is 12.3. The zero-order valence-electron chi connectivity index (χ0n) is 14.7. The van der Waals surface area contributed by atoms with E-state index in [-0.39, 0.29) is 12.1 Å². The second-order valence-corrected chi connectivity index (χ2v) is 7.35. The number of amides is 1. The van der Waals surface area contributed by atoms with Gasteiger partial charge in [0.05, 0.1) is 11.4 Å². The van der Waals surface area contributed by atoms with Crippen molar-refractivity contribution in [1.82, 2.24) is 4.90 Å². The van der Waals surface area contributed by atoms with E-state index >= 15 is 0 Å². The Bertz CT molecular complexity index is 552. The van der Waals surface area contributed by atoms with Crippen molar-refractivity contribution in [3.05, 3.63) is 23.8 Å². The van der Waals surface area contributed by atoms with Crippen molar-refractivity contribution >= 4 is 17.5 Å². The molecule has 0 saturated carbocycles. The summed E-state index contributed by atoms with van der Waals surface area (Å²) < 4.78 is 5.51. The third kappa shape index (κ3) is 5.34. The second-order valence-electron chi connectivity index (χ2n) is 7.35. The summed E-state index contributed by atoms with van der Waals surface area (Å²) in [6, 6.07) is 6.20. The number of hydrogen-bond acceptors (Lipinski definition) is 4. The van der Waals surface area contributed by atoms with Crippen molar-refractivity contribution in [3.63, 3.8) is 0 Å². The molecule has 128 valence electrons. The molecule has 1 heterocycles. The number of nitrogens with one attached hydrogen (secondary N) is 1. The molecule has 0 radical (unpaired) electrons. The van der Waals surface area contributed by atoms with Crippen LogP contribution in [0.25, 0.3) is 0 Å². The molecule has 0 spiro atoms. The average molecular weight is 319 g/mol. The average Bonchev–Trinajstić information content (AvgIpc) is 2.66. The number of ether oxygens (including phenoxy) is 1. The standard InChI is InChI=1S/C18H29N3O2/c1-13-8-9-16(15(19)11-13)20-14-7-5-6-10-21(12-14)17(22)23-18(2,3)4/h8-9,11,14,20H,5-7,10,12,19H2,1-4H3. The molecule has 0 aliphatic carbocycles. The first-order chi connectivity index (χ1) is 10.7. The van der Waals surface area contributed by atoms with E-state index in [0.29, 0.717) is 6.54 Å². The molecule has 1 saturated heterocycles. The van der Waals surface area contributed by atoms with E-state index in [9.17, 15) is 4.79 Å². The number of carbonyl (C=O) groups excluding carboxylic acids is 1. The summed E-state index contributed by atoms with van der Waals surface area (Å²) in [5.41, 5.74) is 8.45. The first-order valence-corrected chi connectivity index (χ1v) is 8.35. The lowest BCUT2D eigenvalue weighted by Crippen LogP contribution is -2.42. The van der Waals surface area contributed by atoms with Gasteiger partial charge in [-0.25, -0.2) is 4.79 Å².